The van der Waals surface area contributed by atoms with Crippen molar-refractivity contribution in [1.82, 2.24) is 9.97 Å². The zero-order valence-electron chi connectivity index (χ0n) is 17.8. The van der Waals surface area contributed by atoms with Crippen LogP contribution in [0.25, 0.3) is 0 Å². The molecule has 0 spiro atoms. The summed E-state index contributed by atoms with van der Waals surface area (Å²) >= 11 is 6.05. The van der Waals surface area contributed by atoms with Gasteiger partial charge in [-0.15, -0.1) is 0 Å². The average molecular weight is 502 g/mol. The second kappa shape index (κ2) is 8.84. The minimum Gasteiger partial charge on any atom is -0.350 e. The standard InChI is InChI=1S/C22H17ClFN5O4S/c1-12-11-13(2)26-22(25-12)28-34(32,33)15-9-7-14(8-10-15)27-19-18(23)20(30)29(21(19)31)17-6-4-3-5-16(17)24/h3-11,27H,1-2H3,(H,25,26,28). The molecule has 12 heteroatoms. The van der Waals surface area contributed by atoms with Crippen molar-refractivity contribution in [3.8, 4) is 0 Å². The summed E-state index contributed by atoms with van der Waals surface area (Å²) in [7, 11) is -3.98. The van der Waals surface area contributed by atoms with Crippen molar-refractivity contribution < 1.29 is 22.4 Å². The predicted octanol–water partition coefficient (Wildman–Crippen LogP) is 3.47. The van der Waals surface area contributed by atoms with Crippen LogP contribution in [-0.4, -0.2) is 30.2 Å². The Morgan fingerprint density at radius 1 is 0.941 bits per heavy atom. The third-order valence-corrected chi connectivity index (χ3v) is 6.46. The topological polar surface area (TPSA) is 121 Å². The molecule has 174 valence electrons. The van der Waals surface area contributed by atoms with E-state index in [0.717, 1.165) is 6.07 Å². The third-order valence-electron chi connectivity index (χ3n) is 4.76. The maximum atomic E-state index is 14.1. The Bertz CT molecular complexity index is 1440. The number of anilines is 3. The number of sulfonamides is 1. The van der Waals surface area contributed by atoms with Crippen molar-refractivity contribution in [3.05, 3.63) is 82.5 Å². The highest BCUT2D eigenvalue weighted by molar-refractivity contribution is 7.92. The van der Waals surface area contributed by atoms with Crippen LogP contribution in [0.15, 0.2) is 70.2 Å². The van der Waals surface area contributed by atoms with Crippen molar-refractivity contribution in [1.29, 1.82) is 0 Å². The number of amides is 2. The van der Waals surface area contributed by atoms with E-state index in [4.69, 9.17) is 11.6 Å². The number of carbonyl (C=O) groups excluding carboxylic acids is 2. The predicted molar refractivity (Wildman–Crippen MR) is 124 cm³/mol. The van der Waals surface area contributed by atoms with Gasteiger partial charge in [-0.1, -0.05) is 23.7 Å². The van der Waals surface area contributed by atoms with Crippen molar-refractivity contribution >= 4 is 50.8 Å². The van der Waals surface area contributed by atoms with Crippen LogP contribution in [0.2, 0.25) is 0 Å². The van der Waals surface area contributed by atoms with Crippen molar-refractivity contribution in [2.75, 3.05) is 14.9 Å². The van der Waals surface area contributed by atoms with Crippen LogP contribution in [0.5, 0.6) is 0 Å². The lowest BCUT2D eigenvalue weighted by atomic mass is 10.2. The zero-order valence-corrected chi connectivity index (χ0v) is 19.4. The minimum absolute atomic E-state index is 0.0556. The van der Waals surface area contributed by atoms with Gasteiger partial charge in [0.25, 0.3) is 21.8 Å². The largest absolute Gasteiger partial charge is 0.350 e. The Labute approximate surface area is 199 Å². The molecule has 2 amide bonds. The molecule has 2 heterocycles. The maximum absolute atomic E-state index is 14.1. The van der Waals surface area contributed by atoms with Gasteiger partial charge < -0.3 is 5.32 Å². The summed E-state index contributed by atoms with van der Waals surface area (Å²) in [6.45, 7) is 3.43. The Morgan fingerprint density at radius 3 is 2.18 bits per heavy atom. The lowest BCUT2D eigenvalue weighted by molar-refractivity contribution is -0.120. The van der Waals surface area contributed by atoms with Gasteiger partial charge in [0.1, 0.15) is 16.5 Å². The Balaban J connectivity index is 1.54. The molecule has 0 unspecified atom stereocenters. The molecule has 3 aromatic rings. The lowest BCUT2D eigenvalue weighted by Gasteiger charge is -2.15. The van der Waals surface area contributed by atoms with E-state index in [2.05, 4.69) is 20.0 Å². The number of rotatable bonds is 6. The van der Waals surface area contributed by atoms with E-state index in [0.29, 0.717) is 16.3 Å². The van der Waals surface area contributed by atoms with Crippen molar-refractivity contribution in [2.24, 2.45) is 0 Å². The van der Waals surface area contributed by atoms with Crippen LogP contribution < -0.4 is 14.9 Å². The van der Waals surface area contributed by atoms with Crippen LogP contribution >= 0.6 is 11.6 Å². The van der Waals surface area contributed by atoms with Crippen LogP contribution in [0.3, 0.4) is 0 Å². The molecule has 1 aromatic heterocycles. The summed E-state index contributed by atoms with van der Waals surface area (Å²) in [4.78, 5) is 33.9. The second-order valence-electron chi connectivity index (χ2n) is 7.32. The summed E-state index contributed by atoms with van der Waals surface area (Å²) < 4.78 is 41.8. The normalized spacial score (nSPS) is 14.1. The van der Waals surface area contributed by atoms with E-state index >= 15 is 0 Å². The molecule has 9 nitrogen and oxygen atoms in total. The Hall–Kier alpha value is -3.83. The van der Waals surface area contributed by atoms with Crippen LogP contribution in [0.1, 0.15) is 11.4 Å². The van der Waals surface area contributed by atoms with E-state index < -0.39 is 32.7 Å². The van der Waals surface area contributed by atoms with E-state index in [1.54, 1.807) is 19.9 Å². The van der Waals surface area contributed by atoms with Crippen molar-refractivity contribution in [3.63, 3.8) is 0 Å². The quantitative estimate of drug-likeness (QED) is 0.496. The monoisotopic (exact) mass is 501 g/mol. The fraction of sp³-hybridized carbons (Fsp3) is 0.0909. The highest BCUT2D eigenvalue weighted by atomic mass is 35.5. The number of nitrogens with one attached hydrogen (secondary N) is 2. The smallest absolute Gasteiger partial charge is 0.283 e. The molecule has 2 aromatic carbocycles. The molecule has 1 aliphatic rings. The number of benzene rings is 2. The molecule has 0 aliphatic carbocycles. The first-order valence-electron chi connectivity index (χ1n) is 9.82. The van der Waals surface area contributed by atoms with Crippen LogP contribution in [0, 0.1) is 19.7 Å². The van der Waals surface area contributed by atoms with E-state index in [1.165, 1.54) is 42.5 Å². The highest BCUT2D eigenvalue weighted by Gasteiger charge is 2.40. The van der Waals surface area contributed by atoms with E-state index in [1.807, 2.05) is 0 Å². The van der Waals surface area contributed by atoms with Crippen molar-refractivity contribution in [2.45, 2.75) is 18.7 Å². The summed E-state index contributed by atoms with van der Waals surface area (Å²) in [6, 6.07) is 12.4. The van der Waals surface area contributed by atoms with E-state index in [-0.39, 0.29) is 27.9 Å². The van der Waals surface area contributed by atoms with Gasteiger partial charge in [-0.05, 0) is 56.3 Å². The number of imide groups is 1. The van der Waals surface area contributed by atoms with Gasteiger partial charge >= 0.3 is 0 Å². The fourth-order valence-electron chi connectivity index (χ4n) is 3.28. The Morgan fingerprint density at radius 2 is 1.56 bits per heavy atom. The van der Waals surface area contributed by atoms with Gasteiger partial charge in [0.15, 0.2) is 0 Å². The molecule has 0 fully saturated rings. The van der Waals surface area contributed by atoms with Crippen LogP contribution in [0.4, 0.5) is 21.7 Å². The molecule has 2 N–H and O–H groups in total. The molecule has 0 saturated carbocycles. The number of hydrogen-bond acceptors (Lipinski definition) is 7. The summed E-state index contributed by atoms with van der Waals surface area (Å²) in [6.07, 6.45) is 0. The summed E-state index contributed by atoms with van der Waals surface area (Å²) in [5, 5.41) is 2.29. The number of nitrogens with zero attached hydrogens (tertiary/aromatic N) is 3. The van der Waals surface area contributed by atoms with E-state index in [9.17, 15) is 22.4 Å². The fourth-order valence-corrected chi connectivity index (χ4v) is 4.43. The van der Waals surface area contributed by atoms with Gasteiger partial charge in [0, 0.05) is 17.1 Å². The average Bonchev–Trinajstić information content (AvgIpc) is 2.97. The first-order chi connectivity index (χ1) is 16.1. The number of aryl methyl sites for hydroxylation is 2. The number of hydrogen-bond donors (Lipinski definition) is 2. The summed E-state index contributed by atoms with van der Waals surface area (Å²) in [5.74, 6) is -2.54. The molecule has 0 radical (unpaired) electrons. The highest BCUT2D eigenvalue weighted by Crippen LogP contribution is 2.31. The van der Waals surface area contributed by atoms with Gasteiger partial charge in [-0.2, -0.15) is 0 Å². The minimum atomic E-state index is -3.98. The number of aromatic nitrogens is 2. The molecular formula is C22H17ClFN5O4S. The van der Waals surface area contributed by atoms with Gasteiger partial charge in [-0.3, -0.25) is 9.59 Å². The maximum Gasteiger partial charge on any atom is 0.283 e. The third kappa shape index (κ3) is 4.47. The number of carbonyl (C=O) groups is 2. The first kappa shape index (κ1) is 23.3. The molecular weight excluding hydrogens is 485 g/mol. The van der Waals surface area contributed by atoms with Gasteiger partial charge in [0.2, 0.25) is 5.95 Å². The Kier molecular flexibility index (Phi) is 6.07. The SMILES string of the molecule is Cc1cc(C)nc(NS(=O)(=O)c2ccc(NC3=C(Cl)C(=O)N(c4ccccc4F)C3=O)cc2)n1. The zero-order chi connectivity index (χ0) is 24.6. The molecule has 4 rings (SSSR count). The summed E-state index contributed by atoms with van der Waals surface area (Å²) in [5.41, 5.74) is 1.01. The second-order valence-corrected chi connectivity index (χ2v) is 9.38. The van der Waals surface area contributed by atoms with Gasteiger partial charge in [0.05, 0.1) is 10.6 Å². The molecule has 34 heavy (non-hydrogen) atoms. The molecule has 1 aliphatic heterocycles. The first-order valence-corrected chi connectivity index (χ1v) is 11.7. The number of halogens is 2. The number of para-hydroxylation sites is 1. The molecule has 0 atom stereocenters. The van der Waals surface area contributed by atoms with Gasteiger partial charge in [-0.25, -0.2) is 32.4 Å². The lowest BCUT2D eigenvalue weighted by Crippen LogP contribution is -2.33. The molecule has 0 saturated heterocycles. The molecule has 0 bridgehead atoms. The van der Waals surface area contributed by atoms with Crippen LogP contribution in [-0.2, 0) is 19.6 Å².